The van der Waals surface area contributed by atoms with Gasteiger partial charge in [-0.2, -0.15) is 0 Å². The standard InChI is InChI=1S/C7H9BO2.Y/c1-7(9)10-6-4-2-3-5-8;/h2-5H,6H2,1H3;/q-2;. The van der Waals surface area contributed by atoms with Gasteiger partial charge in [0.2, 0.25) is 0 Å². The Morgan fingerprint density at radius 3 is 2.73 bits per heavy atom. The van der Waals surface area contributed by atoms with Crippen molar-refractivity contribution in [2.45, 2.75) is 6.92 Å². The van der Waals surface area contributed by atoms with E-state index >= 15 is 0 Å². The number of hydrogen-bond acceptors (Lipinski definition) is 2. The van der Waals surface area contributed by atoms with Crippen molar-refractivity contribution in [2.75, 3.05) is 6.61 Å². The Morgan fingerprint density at radius 2 is 2.27 bits per heavy atom. The molecule has 0 aliphatic heterocycles. The summed E-state index contributed by atoms with van der Waals surface area (Å²) in [6, 6.07) is 0. The molecule has 2 nitrogen and oxygen atoms in total. The van der Waals surface area contributed by atoms with Crippen LogP contribution in [0.2, 0.25) is 0 Å². The van der Waals surface area contributed by atoms with Crippen LogP contribution in [0.4, 0.5) is 0 Å². The SMILES string of the molecule is [B][CH-]C=C[CH-]COC(C)=O.[Y]. The largest absolute Gasteiger partial charge is 0.482 e. The van der Waals surface area contributed by atoms with E-state index in [1.54, 1.807) is 18.6 Å². The summed E-state index contributed by atoms with van der Waals surface area (Å²) < 4.78 is 4.59. The van der Waals surface area contributed by atoms with Gasteiger partial charge in [-0.3, -0.25) is 11.2 Å². The summed E-state index contributed by atoms with van der Waals surface area (Å²) in [6.45, 7) is 1.67. The van der Waals surface area contributed by atoms with Crippen LogP contribution in [0.3, 0.4) is 0 Å². The molecule has 0 unspecified atom stereocenters. The summed E-state index contributed by atoms with van der Waals surface area (Å²) in [7, 11) is 5.03. The first-order valence-corrected chi connectivity index (χ1v) is 2.94. The molecule has 0 aromatic carbocycles. The predicted molar refractivity (Wildman–Crippen MR) is 40.1 cm³/mol. The maximum Gasteiger partial charge on any atom is 0.301 e. The molecule has 4 heteroatoms. The molecule has 0 N–H and O–H groups in total. The molecule has 0 fully saturated rings. The molecule has 0 rings (SSSR count). The van der Waals surface area contributed by atoms with Crippen molar-refractivity contribution in [1.82, 2.24) is 0 Å². The molecule has 3 radical (unpaired) electrons. The second-order valence-electron chi connectivity index (χ2n) is 1.62. The second kappa shape index (κ2) is 10.1. The first kappa shape index (κ1) is 13.7. The van der Waals surface area contributed by atoms with E-state index in [0.29, 0.717) is 6.61 Å². The Morgan fingerprint density at radius 1 is 1.64 bits per heavy atom. The van der Waals surface area contributed by atoms with Gasteiger partial charge in [0.25, 0.3) is 0 Å². The summed E-state index contributed by atoms with van der Waals surface area (Å²) in [4.78, 5) is 10.2. The first-order chi connectivity index (χ1) is 4.77. The Bertz CT molecular complexity index is 126. The number of allylic oxidation sites excluding steroid dienone is 1. The Hall–Kier alpha value is 0.119. The van der Waals surface area contributed by atoms with Crippen LogP contribution in [0.25, 0.3) is 0 Å². The van der Waals surface area contributed by atoms with Gasteiger partial charge in [0.05, 0.1) is 0 Å². The molecule has 0 amide bonds. The van der Waals surface area contributed by atoms with Crippen molar-refractivity contribution in [1.29, 1.82) is 0 Å². The van der Waals surface area contributed by atoms with E-state index in [9.17, 15) is 4.79 Å². The molecule has 0 aromatic rings. The van der Waals surface area contributed by atoms with Crippen molar-refractivity contribution < 1.29 is 42.2 Å². The molecule has 0 aliphatic rings. The predicted octanol–water partition coefficient (Wildman–Crippen LogP) is 0.638. The van der Waals surface area contributed by atoms with Gasteiger partial charge in [-0.15, -0.1) is 0 Å². The topological polar surface area (TPSA) is 26.3 Å². The van der Waals surface area contributed by atoms with Crippen LogP contribution in [0.15, 0.2) is 12.2 Å². The maximum atomic E-state index is 10.2. The van der Waals surface area contributed by atoms with Crippen molar-refractivity contribution in [3.63, 3.8) is 0 Å². The zero-order valence-corrected chi connectivity index (χ0v) is 9.33. The zero-order chi connectivity index (χ0) is 7.82. The number of hydrogen-bond donors (Lipinski definition) is 0. The summed E-state index contributed by atoms with van der Waals surface area (Å²) >= 11 is 0. The average Bonchev–Trinajstić information content (AvgIpc) is 1.87. The summed E-state index contributed by atoms with van der Waals surface area (Å²) in [5.41, 5.74) is 0. The van der Waals surface area contributed by atoms with Crippen LogP contribution in [0.5, 0.6) is 0 Å². The fraction of sp³-hybridized carbons (Fsp3) is 0.286. The van der Waals surface area contributed by atoms with Crippen molar-refractivity contribution in [2.24, 2.45) is 0 Å². The molecular weight excluding hydrogens is 216 g/mol. The molecular formula is C7H9BO2Y-2. The van der Waals surface area contributed by atoms with E-state index in [0.717, 1.165) is 0 Å². The minimum Gasteiger partial charge on any atom is -0.482 e. The maximum absolute atomic E-state index is 10.2. The number of esters is 1. The van der Waals surface area contributed by atoms with Gasteiger partial charge in [0.1, 0.15) is 0 Å². The van der Waals surface area contributed by atoms with E-state index in [-0.39, 0.29) is 38.7 Å². The van der Waals surface area contributed by atoms with E-state index < -0.39 is 0 Å². The van der Waals surface area contributed by atoms with E-state index in [1.165, 1.54) is 13.2 Å². The van der Waals surface area contributed by atoms with Crippen LogP contribution >= 0.6 is 0 Å². The smallest absolute Gasteiger partial charge is 0.301 e. The first-order valence-electron chi connectivity index (χ1n) is 2.94. The molecule has 57 valence electrons. The van der Waals surface area contributed by atoms with Crippen molar-refractivity contribution in [3.8, 4) is 0 Å². The number of ether oxygens (including phenoxy) is 1. The monoisotopic (exact) mass is 225 g/mol. The third-order valence-electron chi connectivity index (χ3n) is 0.741. The number of rotatable bonds is 4. The van der Waals surface area contributed by atoms with Gasteiger partial charge in [0, 0.05) is 46.2 Å². The molecule has 0 atom stereocenters. The molecule has 0 bridgehead atoms. The second-order valence-corrected chi connectivity index (χ2v) is 1.62. The number of carbonyl (C=O) groups is 1. The molecule has 0 heterocycles. The Balaban J connectivity index is 0. The van der Waals surface area contributed by atoms with Crippen LogP contribution in [0.1, 0.15) is 6.92 Å². The third-order valence-corrected chi connectivity index (χ3v) is 0.741. The molecule has 0 spiro atoms. The summed E-state index contributed by atoms with van der Waals surface area (Å²) in [5, 5.41) is 0. The Labute approximate surface area is 94.0 Å². The summed E-state index contributed by atoms with van der Waals surface area (Å²) in [6.07, 6.45) is 6.47. The molecule has 11 heavy (non-hydrogen) atoms. The van der Waals surface area contributed by atoms with Crippen LogP contribution < -0.4 is 0 Å². The quantitative estimate of drug-likeness (QED) is 0.303. The van der Waals surface area contributed by atoms with Gasteiger partial charge >= 0.3 is 5.97 Å². The van der Waals surface area contributed by atoms with Crippen LogP contribution in [-0.2, 0) is 42.2 Å². The molecule has 0 saturated heterocycles. The minimum atomic E-state index is -0.277. The zero-order valence-electron chi connectivity index (χ0n) is 6.49. The van der Waals surface area contributed by atoms with Gasteiger partial charge in [0.15, 0.2) is 0 Å². The van der Waals surface area contributed by atoms with E-state index in [4.69, 9.17) is 7.85 Å². The van der Waals surface area contributed by atoms with Crippen LogP contribution in [-0.4, -0.2) is 20.4 Å². The average molecular weight is 225 g/mol. The Kier molecular flexibility index (Phi) is 12.6. The van der Waals surface area contributed by atoms with Gasteiger partial charge in [-0.05, 0) is 0 Å². The molecule has 0 aromatic heterocycles. The third kappa shape index (κ3) is 13.2. The van der Waals surface area contributed by atoms with Crippen molar-refractivity contribution >= 4 is 13.8 Å². The van der Waals surface area contributed by atoms with Gasteiger partial charge in [-0.25, -0.2) is 0 Å². The normalized spacial score (nSPS) is 8.45. The molecule has 0 aliphatic carbocycles. The fourth-order valence-electron chi connectivity index (χ4n) is 0.364. The van der Waals surface area contributed by atoms with Gasteiger partial charge in [-0.1, -0.05) is 7.85 Å². The minimum absolute atomic E-state index is 0. The van der Waals surface area contributed by atoms with Crippen LogP contribution in [0, 0.1) is 12.7 Å². The fourth-order valence-corrected chi connectivity index (χ4v) is 0.364. The van der Waals surface area contributed by atoms with Crippen molar-refractivity contribution in [3.05, 3.63) is 24.9 Å². The summed E-state index contributed by atoms with van der Waals surface area (Å²) in [5.74, 6) is -0.277. The molecule has 0 saturated carbocycles. The van der Waals surface area contributed by atoms with E-state index in [2.05, 4.69) is 4.74 Å². The van der Waals surface area contributed by atoms with Gasteiger partial charge < -0.3 is 23.2 Å². The van der Waals surface area contributed by atoms with E-state index in [1.807, 2.05) is 0 Å². The number of carbonyl (C=O) groups excluding carboxylic acids is 1.